The van der Waals surface area contributed by atoms with Crippen LogP contribution >= 0.6 is 0 Å². The summed E-state index contributed by atoms with van der Waals surface area (Å²) in [6.45, 7) is 2.22. The minimum Gasteiger partial charge on any atom is -0.464 e. The summed E-state index contributed by atoms with van der Waals surface area (Å²) in [6.07, 6.45) is 2.38. The van der Waals surface area contributed by atoms with Crippen LogP contribution in [0.25, 0.3) is 0 Å². The lowest BCUT2D eigenvalue weighted by Crippen LogP contribution is -2.29. The molecule has 1 atom stereocenters. The summed E-state index contributed by atoms with van der Waals surface area (Å²) in [5.74, 6) is 0.594. The molecule has 74 valence electrons. The van der Waals surface area contributed by atoms with Crippen LogP contribution in [0.4, 0.5) is 5.82 Å². The Bertz CT molecular complexity index is 327. The molecular formula is C10H12N2O2. The Hall–Kier alpha value is -1.58. The van der Waals surface area contributed by atoms with Gasteiger partial charge < -0.3 is 10.1 Å². The third kappa shape index (κ3) is 1.55. The summed E-state index contributed by atoms with van der Waals surface area (Å²) in [6, 6.07) is 3.57. The third-order valence-corrected chi connectivity index (χ3v) is 2.20. The zero-order valence-corrected chi connectivity index (χ0v) is 7.99. The smallest absolute Gasteiger partial charge is 0.328 e. The number of hydrogen-bond donors (Lipinski definition) is 1. The fourth-order valence-corrected chi connectivity index (χ4v) is 1.55. The molecule has 1 N–H and O–H groups in total. The summed E-state index contributed by atoms with van der Waals surface area (Å²) in [5.41, 5.74) is 1.07. The van der Waals surface area contributed by atoms with Crippen molar-refractivity contribution in [1.29, 1.82) is 0 Å². The number of anilines is 1. The highest BCUT2D eigenvalue weighted by Gasteiger charge is 2.28. The average Bonchev–Trinajstić information content (AvgIpc) is 2.61. The number of nitrogens with zero attached hydrogens (tertiary/aromatic N) is 1. The van der Waals surface area contributed by atoms with Gasteiger partial charge in [-0.3, -0.25) is 0 Å². The van der Waals surface area contributed by atoms with Gasteiger partial charge >= 0.3 is 5.97 Å². The van der Waals surface area contributed by atoms with Gasteiger partial charge in [-0.25, -0.2) is 9.78 Å². The van der Waals surface area contributed by atoms with Crippen LogP contribution in [-0.4, -0.2) is 23.6 Å². The number of esters is 1. The predicted molar refractivity (Wildman–Crippen MR) is 52.0 cm³/mol. The van der Waals surface area contributed by atoms with Crippen LogP contribution < -0.4 is 5.32 Å². The van der Waals surface area contributed by atoms with Gasteiger partial charge in [0.15, 0.2) is 0 Å². The van der Waals surface area contributed by atoms with E-state index in [4.69, 9.17) is 4.74 Å². The van der Waals surface area contributed by atoms with Gasteiger partial charge in [-0.15, -0.1) is 0 Å². The molecule has 4 nitrogen and oxygen atoms in total. The lowest BCUT2D eigenvalue weighted by molar-refractivity contribution is -0.143. The molecule has 0 bridgehead atoms. The normalized spacial score (nSPS) is 18.5. The van der Waals surface area contributed by atoms with Crippen LogP contribution in [0.15, 0.2) is 18.3 Å². The SMILES string of the molecule is CCOC(=O)[C@H]1Cc2cccnc2N1. The largest absolute Gasteiger partial charge is 0.464 e. The maximum absolute atomic E-state index is 11.4. The molecule has 1 aliphatic heterocycles. The van der Waals surface area contributed by atoms with Crippen molar-refractivity contribution in [2.24, 2.45) is 0 Å². The number of hydrogen-bond acceptors (Lipinski definition) is 4. The van der Waals surface area contributed by atoms with E-state index in [0.29, 0.717) is 13.0 Å². The van der Waals surface area contributed by atoms with Crippen molar-refractivity contribution >= 4 is 11.8 Å². The Balaban J connectivity index is 2.08. The minimum atomic E-state index is -0.264. The third-order valence-electron chi connectivity index (χ3n) is 2.20. The number of rotatable bonds is 2. The van der Waals surface area contributed by atoms with Gasteiger partial charge in [-0.1, -0.05) is 6.07 Å². The van der Waals surface area contributed by atoms with E-state index < -0.39 is 0 Å². The first-order valence-electron chi connectivity index (χ1n) is 4.68. The number of pyridine rings is 1. The van der Waals surface area contributed by atoms with E-state index in [2.05, 4.69) is 10.3 Å². The molecular weight excluding hydrogens is 180 g/mol. The first-order chi connectivity index (χ1) is 6.81. The molecule has 0 fully saturated rings. The number of carbonyl (C=O) groups excluding carboxylic acids is 1. The number of fused-ring (bicyclic) bond motifs is 1. The molecule has 0 saturated carbocycles. The quantitative estimate of drug-likeness (QED) is 0.710. The van der Waals surface area contributed by atoms with Gasteiger partial charge in [-0.2, -0.15) is 0 Å². The Morgan fingerprint density at radius 2 is 2.64 bits per heavy atom. The average molecular weight is 192 g/mol. The van der Waals surface area contributed by atoms with E-state index in [-0.39, 0.29) is 12.0 Å². The molecule has 0 radical (unpaired) electrons. The standard InChI is InChI=1S/C10H12N2O2/c1-2-14-10(13)8-6-7-4-3-5-11-9(7)12-8/h3-5,8H,2,6H2,1H3,(H,11,12)/t8-/m1/s1. The molecule has 1 aromatic rings. The lowest BCUT2D eigenvalue weighted by atomic mass is 10.1. The molecule has 14 heavy (non-hydrogen) atoms. The summed E-state index contributed by atoms with van der Waals surface area (Å²) in [7, 11) is 0. The van der Waals surface area contributed by atoms with Crippen LogP contribution in [0.1, 0.15) is 12.5 Å². The van der Waals surface area contributed by atoms with Crippen molar-refractivity contribution in [3.8, 4) is 0 Å². The van der Waals surface area contributed by atoms with E-state index in [9.17, 15) is 4.79 Å². The zero-order valence-electron chi connectivity index (χ0n) is 7.99. The number of aromatic nitrogens is 1. The Kier molecular flexibility index (Phi) is 2.35. The first kappa shape index (κ1) is 8.99. The van der Waals surface area contributed by atoms with Crippen molar-refractivity contribution in [2.45, 2.75) is 19.4 Å². The molecule has 2 rings (SSSR count). The monoisotopic (exact) mass is 192 g/mol. The highest BCUT2D eigenvalue weighted by Crippen LogP contribution is 2.22. The van der Waals surface area contributed by atoms with E-state index in [1.807, 2.05) is 12.1 Å². The highest BCUT2D eigenvalue weighted by molar-refractivity contribution is 5.81. The summed E-state index contributed by atoms with van der Waals surface area (Å²) in [4.78, 5) is 15.5. The van der Waals surface area contributed by atoms with Crippen molar-refractivity contribution in [3.63, 3.8) is 0 Å². The fraction of sp³-hybridized carbons (Fsp3) is 0.400. The molecule has 0 aromatic carbocycles. The summed E-state index contributed by atoms with van der Waals surface area (Å²) < 4.78 is 4.93. The molecule has 0 unspecified atom stereocenters. The van der Waals surface area contributed by atoms with E-state index >= 15 is 0 Å². The van der Waals surface area contributed by atoms with E-state index in [0.717, 1.165) is 11.4 Å². The molecule has 0 aliphatic carbocycles. The van der Waals surface area contributed by atoms with Crippen molar-refractivity contribution < 1.29 is 9.53 Å². The van der Waals surface area contributed by atoms with E-state index in [1.165, 1.54) is 0 Å². The van der Waals surface area contributed by atoms with Gasteiger partial charge in [0.1, 0.15) is 11.9 Å². The molecule has 1 aliphatic rings. The summed E-state index contributed by atoms with van der Waals surface area (Å²) >= 11 is 0. The Labute approximate surface area is 82.3 Å². The molecule has 0 saturated heterocycles. The second kappa shape index (κ2) is 3.65. The number of ether oxygens (including phenoxy) is 1. The molecule has 0 spiro atoms. The molecule has 4 heteroatoms. The van der Waals surface area contributed by atoms with Crippen LogP contribution in [0, 0.1) is 0 Å². The summed E-state index contributed by atoms with van der Waals surface area (Å²) in [5, 5.41) is 3.03. The van der Waals surface area contributed by atoms with Crippen molar-refractivity contribution in [1.82, 2.24) is 4.98 Å². The zero-order chi connectivity index (χ0) is 9.97. The van der Waals surface area contributed by atoms with Crippen molar-refractivity contribution in [3.05, 3.63) is 23.9 Å². The van der Waals surface area contributed by atoms with Gasteiger partial charge in [0, 0.05) is 12.6 Å². The highest BCUT2D eigenvalue weighted by atomic mass is 16.5. The van der Waals surface area contributed by atoms with Crippen LogP contribution in [0.2, 0.25) is 0 Å². The molecule has 1 aromatic heterocycles. The Morgan fingerprint density at radius 3 is 3.36 bits per heavy atom. The number of nitrogens with one attached hydrogen (secondary N) is 1. The first-order valence-corrected chi connectivity index (χ1v) is 4.68. The maximum Gasteiger partial charge on any atom is 0.328 e. The van der Waals surface area contributed by atoms with Crippen LogP contribution in [-0.2, 0) is 16.0 Å². The van der Waals surface area contributed by atoms with Crippen molar-refractivity contribution in [2.75, 3.05) is 11.9 Å². The topological polar surface area (TPSA) is 51.2 Å². The molecule has 0 amide bonds. The van der Waals surface area contributed by atoms with Crippen LogP contribution in [0.5, 0.6) is 0 Å². The van der Waals surface area contributed by atoms with Gasteiger partial charge in [0.2, 0.25) is 0 Å². The second-order valence-corrected chi connectivity index (χ2v) is 3.16. The van der Waals surface area contributed by atoms with Gasteiger partial charge in [-0.05, 0) is 18.6 Å². The number of carbonyl (C=O) groups is 1. The molecule has 2 heterocycles. The van der Waals surface area contributed by atoms with E-state index in [1.54, 1.807) is 13.1 Å². The van der Waals surface area contributed by atoms with Gasteiger partial charge in [0.05, 0.1) is 6.61 Å². The lowest BCUT2D eigenvalue weighted by Gasteiger charge is -2.08. The maximum atomic E-state index is 11.4. The minimum absolute atomic E-state index is 0.203. The van der Waals surface area contributed by atoms with Gasteiger partial charge in [0.25, 0.3) is 0 Å². The fourth-order valence-electron chi connectivity index (χ4n) is 1.55. The van der Waals surface area contributed by atoms with Crippen LogP contribution in [0.3, 0.4) is 0 Å². The second-order valence-electron chi connectivity index (χ2n) is 3.16. The Morgan fingerprint density at radius 1 is 1.79 bits per heavy atom. The predicted octanol–water partition coefficient (Wildman–Crippen LogP) is 0.981.